The lowest BCUT2D eigenvalue weighted by Crippen LogP contribution is -2.41. The highest BCUT2D eigenvalue weighted by molar-refractivity contribution is 7.90. The maximum atomic E-state index is 12.3. The molecular weight excluding hydrogens is 337 g/mol. The van der Waals surface area contributed by atoms with Crippen LogP contribution < -0.4 is 9.50 Å². The number of rotatable bonds is 4. The highest BCUT2D eigenvalue weighted by Crippen LogP contribution is 2.37. The first-order valence-electron chi connectivity index (χ1n) is 7.70. The molecule has 3 heterocycles. The summed E-state index contributed by atoms with van der Waals surface area (Å²) in [5, 5.41) is 0.335. The van der Waals surface area contributed by atoms with Gasteiger partial charge in [0.1, 0.15) is 0 Å². The third-order valence-electron chi connectivity index (χ3n) is 4.63. The molecule has 0 radical (unpaired) electrons. The number of nitrogens with zero attached hydrogens (tertiary/aromatic N) is 2. The molecular formula is C13H22BN3O4S2. The van der Waals surface area contributed by atoms with Crippen LogP contribution >= 0.6 is 11.3 Å². The smallest absolute Gasteiger partial charge is 0.399 e. The van der Waals surface area contributed by atoms with Crippen LogP contribution in [0.2, 0.25) is 0 Å². The van der Waals surface area contributed by atoms with Crippen LogP contribution in [0.4, 0.5) is 5.13 Å². The van der Waals surface area contributed by atoms with E-state index < -0.39 is 28.5 Å². The van der Waals surface area contributed by atoms with Crippen LogP contribution in [0.5, 0.6) is 0 Å². The monoisotopic (exact) mass is 359 g/mol. The van der Waals surface area contributed by atoms with E-state index in [9.17, 15) is 8.42 Å². The van der Waals surface area contributed by atoms with Gasteiger partial charge in [-0.2, -0.15) is 12.7 Å². The molecule has 10 heteroatoms. The molecule has 128 valence electrons. The van der Waals surface area contributed by atoms with Crippen LogP contribution in [0.1, 0.15) is 40.5 Å². The van der Waals surface area contributed by atoms with Gasteiger partial charge in [-0.1, -0.05) is 0 Å². The Morgan fingerprint density at radius 3 is 2.35 bits per heavy atom. The van der Waals surface area contributed by atoms with Crippen molar-refractivity contribution >= 4 is 38.6 Å². The van der Waals surface area contributed by atoms with E-state index in [1.165, 1.54) is 15.6 Å². The first-order chi connectivity index (χ1) is 10.6. The lowest BCUT2D eigenvalue weighted by molar-refractivity contribution is 0.00578. The van der Waals surface area contributed by atoms with Crippen LogP contribution in [0, 0.1) is 0 Å². The van der Waals surface area contributed by atoms with Crippen molar-refractivity contribution in [3.05, 3.63) is 6.20 Å². The van der Waals surface area contributed by atoms with Crippen LogP contribution in [0.3, 0.4) is 0 Å². The van der Waals surface area contributed by atoms with Gasteiger partial charge < -0.3 is 9.31 Å². The molecule has 2 saturated heterocycles. The largest absolute Gasteiger partial charge is 0.507 e. The van der Waals surface area contributed by atoms with Crippen molar-refractivity contribution in [3.63, 3.8) is 0 Å². The van der Waals surface area contributed by atoms with Crippen LogP contribution in [-0.4, -0.2) is 49.1 Å². The minimum atomic E-state index is -3.52. The van der Waals surface area contributed by atoms with Crippen molar-refractivity contribution in [2.75, 3.05) is 17.8 Å². The van der Waals surface area contributed by atoms with E-state index in [2.05, 4.69) is 9.71 Å². The highest BCUT2D eigenvalue weighted by atomic mass is 32.2. The van der Waals surface area contributed by atoms with E-state index >= 15 is 0 Å². The molecule has 0 saturated carbocycles. The second-order valence-electron chi connectivity index (χ2n) is 6.87. The zero-order valence-electron chi connectivity index (χ0n) is 13.8. The average molecular weight is 359 g/mol. The number of hydrogen-bond donors (Lipinski definition) is 1. The molecule has 1 aromatic heterocycles. The lowest BCUT2D eigenvalue weighted by atomic mass is 9.89. The average Bonchev–Trinajstić information content (AvgIpc) is 3.10. The summed E-state index contributed by atoms with van der Waals surface area (Å²) < 4.78 is 41.2. The molecule has 1 aromatic rings. The maximum Gasteiger partial charge on any atom is 0.507 e. The van der Waals surface area contributed by atoms with Crippen LogP contribution in [0.25, 0.3) is 0 Å². The second-order valence-corrected chi connectivity index (χ2v) is 9.60. The lowest BCUT2D eigenvalue weighted by Gasteiger charge is -2.32. The Hall–Kier alpha value is -0.675. The standard InChI is InChI=1S/C13H22BN3O4S2/c1-12(2)13(3,4)21-14(20-12)10-9-15-11(22-10)16-23(18,19)17-7-5-6-8-17/h9H,5-8H2,1-4H3,(H,15,16). The van der Waals surface area contributed by atoms with Crippen molar-refractivity contribution in [1.29, 1.82) is 0 Å². The topological polar surface area (TPSA) is 80.8 Å². The Balaban J connectivity index is 1.72. The third-order valence-corrected chi connectivity index (χ3v) is 7.19. The molecule has 7 nitrogen and oxygen atoms in total. The summed E-state index contributed by atoms with van der Waals surface area (Å²) in [6.45, 7) is 9.03. The van der Waals surface area contributed by atoms with Gasteiger partial charge in [-0.25, -0.2) is 9.71 Å². The van der Waals surface area contributed by atoms with Gasteiger partial charge in [-0.3, -0.25) is 0 Å². The van der Waals surface area contributed by atoms with Gasteiger partial charge in [0.15, 0.2) is 5.13 Å². The van der Waals surface area contributed by atoms with Gasteiger partial charge in [0.25, 0.3) is 0 Å². The molecule has 0 spiro atoms. The molecule has 0 unspecified atom stereocenters. The predicted molar refractivity (Wildman–Crippen MR) is 91.2 cm³/mol. The quantitative estimate of drug-likeness (QED) is 0.817. The molecule has 2 aliphatic rings. The Labute approximate surface area is 141 Å². The SMILES string of the molecule is CC1(C)OB(c2cnc(NS(=O)(=O)N3CCCC3)s2)OC1(C)C. The van der Waals surface area contributed by atoms with E-state index in [-0.39, 0.29) is 0 Å². The second kappa shape index (κ2) is 5.70. The van der Waals surface area contributed by atoms with Crippen molar-refractivity contribution < 1.29 is 17.7 Å². The summed E-state index contributed by atoms with van der Waals surface area (Å²) in [7, 11) is -4.04. The minimum absolute atomic E-state index is 0.335. The number of aromatic nitrogens is 1. The molecule has 3 rings (SSSR count). The van der Waals surface area contributed by atoms with Gasteiger partial charge in [-0.05, 0) is 40.5 Å². The Morgan fingerprint density at radius 2 is 1.78 bits per heavy atom. The first-order valence-corrected chi connectivity index (χ1v) is 9.96. The number of thiazole rings is 1. The molecule has 0 aliphatic carbocycles. The molecule has 0 amide bonds. The Bertz CT molecular complexity index is 667. The fourth-order valence-electron chi connectivity index (χ4n) is 2.51. The molecule has 0 bridgehead atoms. The summed E-state index contributed by atoms with van der Waals surface area (Å²) >= 11 is 1.24. The maximum absolute atomic E-state index is 12.3. The van der Waals surface area contributed by atoms with Gasteiger partial charge in [0.2, 0.25) is 0 Å². The van der Waals surface area contributed by atoms with E-state index in [0.717, 1.165) is 17.6 Å². The molecule has 0 aromatic carbocycles. The zero-order valence-corrected chi connectivity index (χ0v) is 15.5. The van der Waals surface area contributed by atoms with E-state index in [0.29, 0.717) is 18.2 Å². The molecule has 2 aliphatic heterocycles. The molecule has 1 N–H and O–H groups in total. The van der Waals surface area contributed by atoms with Crippen molar-refractivity contribution in [1.82, 2.24) is 9.29 Å². The van der Waals surface area contributed by atoms with E-state index in [1.54, 1.807) is 6.20 Å². The normalized spacial score (nSPS) is 24.3. The Morgan fingerprint density at radius 1 is 1.22 bits per heavy atom. The molecule has 2 fully saturated rings. The van der Waals surface area contributed by atoms with Gasteiger partial charge in [0, 0.05) is 19.3 Å². The third kappa shape index (κ3) is 3.27. The van der Waals surface area contributed by atoms with Gasteiger partial charge in [0.05, 0.1) is 16.0 Å². The summed E-state index contributed by atoms with van der Waals surface area (Å²) in [5.41, 5.74) is -0.867. The Kier molecular flexibility index (Phi) is 4.25. The number of nitrogens with one attached hydrogen (secondary N) is 1. The van der Waals surface area contributed by atoms with Crippen LogP contribution in [-0.2, 0) is 19.5 Å². The predicted octanol–water partition coefficient (Wildman–Crippen LogP) is 1.19. The fraction of sp³-hybridized carbons (Fsp3) is 0.769. The van der Waals surface area contributed by atoms with Crippen molar-refractivity contribution in [2.24, 2.45) is 0 Å². The zero-order chi connectivity index (χ0) is 16.9. The van der Waals surface area contributed by atoms with E-state index in [1.807, 2.05) is 27.7 Å². The first kappa shape index (κ1) is 17.2. The summed E-state index contributed by atoms with van der Waals surface area (Å²) in [4.78, 5) is 4.15. The number of hydrogen-bond acceptors (Lipinski definition) is 6. The van der Waals surface area contributed by atoms with E-state index in [4.69, 9.17) is 9.31 Å². The summed E-state index contributed by atoms with van der Waals surface area (Å²) in [6, 6.07) is 0. The van der Waals surface area contributed by atoms with Gasteiger partial charge in [-0.15, -0.1) is 11.3 Å². The number of anilines is 1. The summed E-state index contributed by atoms with van der Waals surface area (Å²) in [6.07, 6.45) is 3.41. The molecule has 23 heavy (non-hydrogen) atoms. The fourth-order valence-corrected chi connectivity index (χ4v) is 4.76. The van der Waals surface area contributed by atoms with Crippen molar-refractivity contribution in [2.45, 2.75) is 51.7 Å². The van der Waals surface area contributed by atoms with Gasteiger partial charge >= 0.3 is 17.3 Å². The summed E-state index contributed by atoms with van der Waals surface area (Å²) in [5.74, 6) is 0. The molecule has 0 atom stereocenters. The van der Waals surface area contributed by atoms with Crippen LogP contribution in [0.15, 0.2) is 6.20 Å². The minimum Gasteiger partial charge on any atom is -0.399 e. The van der Waals surface area contributed by atoms with Crippen molar-refractivity contribution in [3.8, 4) is 0 Å². The highest BCUT2D eigenvalue weighted by Gasteiger charge is 2.52.